The van der Waals surface area contributed by atoms with E-state index in [1.165, 1.54) is 28.2 Å². The molecule has 2 aromatic rings. The Labute approximate surface area is 136 Å². The highest BCUT2D eigenvalue weighted by Gasteiger charge is 2.26. The van der Waals surface area contributed by atoms with E-state index in [0.29, 0.717) is 11.8 Å². The lowest BCUT2D eigenvalue weighted by Gasteiger charge is -2.21. The number of rotatable bonds is 5. The fraction of sp³-hybridized carbons (Fsp3) is 0.333. The molecule has 2 atom stereocenters. The van der Waals surface area contributed by atoms with E-state index >= 15 is 0 Å². The van der Waals surface area contributed by atoms with Crippen LogP contribution in [0, 0.1) is 0 Å². The van der Waals surface area contributed by atoms with Gasteiger partial charge in [-0.25, -0.2) is 0 Å². The molecule has 0 spiro atoms. The lowest BCUT2D eigenvalue weighted by molar-refractivity contribution is 0.538. The third-order valence-corrected chi connectivity index (χ3v) is 5.66. The number of benzene rings is 2. The summed E-state index contributed by atoms with van der Waals surface area (Å²) in [5, 5.41) is 4.15. The SMILES string of the molecule is CNCC(CC1CSc2ccccc21)c1ccc(Cl)cc1. The molecular weight excluding hydrogens is 298 g/mol. The molecule has 110 valence electrons. The molecule has 3 heteroatoms. The van der Waals surface area contributed by atoms with Gasteiger partial charge in [-0.3, -0.25) is 0 Å². The number of fused-ring (bicyclic) bond motifs is 1. The molecule has 0 fully saturated rings. The summed E-state index contributed by atoms with van der Waals surface area (Å²) in [5.74, 6) is 2.39. The number of hydrogen-bond acceptors (Lipinski definition) is 2. The third kappa shape index (κ3) is 3.45. The van der Waals surface area contributed by atoms with Gasteiger partial charge in [0.25, 0.3) is 0 Å². The summed E-state index contributed by atoms with van der Waals surface area (Å²) >= 11 is 8.00. The van der Waals surface area contributed by atoms with E-state index in [9.17, 15) is 0 Å². The summed E-state index contributed by atoms with van der Waals surface area (Å²) in [6.07, 6.45) is 1.19. The molecular formula is C18H20ClNS. The standard InChI is InChI=1S/C18H20ClNS/c1-20-11-14(13-6-8-16(19)9-7-13)10-15-12-21-18-5-3-2-4-17(15)18/h2-9,14-15,20H,10-12H2,1H3. The van der Waals surface area contributed by atoms with Crippen LogP contribution in [-0.4, -0.2) is 19.3 Å². The third-order valence-electron chi connectivity index (χ3n) is 4.16. The maximum atomic E-state index is 6.01. The summed E-state index contributed by atoms with van der Waals surface area (Å²) in [4.78, 5) is 1.46. The van der Waals surface area contributed by atoms with Gasteiger partial charge in [-0.05, 0) is 54.6 Å². The molecule has 0 amide bonds. The number of halogens is 1. The lowest BCUT2D eigenvalue weighted by Crippen LogP contribution is -2.19. The predicted molar refractivity (Wildman–Crippen MR) is 92.6 cm³/mol. The van der Waals surface area contributed by atoms with Crippen LogP contribution in [-0.2, 0) is 0 Å². The summed E-state index contributed by atoms with van der Waals surface area (Å²) in [7, 11) is 2.03. The van der Waals surface area contributed by atoms with E-state index in [-0.39, 0.29) is 0 Å². The van der Waals surface area contributed by atoms with Crippen molar-refractivity contribution in [1.29, 1.82) is 0 Å². The molecule has 0 bridgehead atoms. The lowest BCUT2D eigenvalue weighted by atomic mass is 9.86. The molecule has 3 rings (SSSR count). The minimum atomic E-state index is 0.532. The van der Waals surface area contributed by atoms with Crippen molar-refractivity contribution < 1.29 is 0 Å². The van der Waals surface area contributed by atoms with E-state index in [1.807, 2.05) is 30.9 Å². The van der Waals surface area contributed by atoms with E-state index in [0.717, 1.165) is 11.6 Å². The Balaban J connectivity index is 1.79. The summed E-state index contributed by atoms with van der Waals surface area (Å²) in [5.41, 5.74) is 2.90. The topological polar surface area (TPSA) is 12.0 Å². The zero-order valence-corrected chi connectivity index (χ0v) is 13.8. The zero-order valence-electron chi connectivity index (χ0n) is 12.2. The quantitative estimate of drug-likeness (QED) is 0.839. The highest BCUT2D eigenvalue weighted by atomic mass is 35.5. The Morgan fingerprint density at radius 3 is 2.71 bits per heavy atom. The zero-order chi connectivity index (χ0) is 14.7. The molecule has 2 unspecified atom stereocenters. The van der Waals surface area contributed by atoms with Crippen molar-refractivity contribution in [3.8, 4) is 0 Å². The van der Waals surface area contributed by atoms with Gasteiger partial charge >= 0.3 is 0 Å². The van der Waals surface area contributed by atoms with Crippen molar-refractivity contribution in [2.24, 2.45) is 0 Å². The second kappa shape index (κ2) is 6.87. The Bertz CT molecular complexity index is 596. The van der Waals surface area contributed by atoms with Gasteiger partial charge < -0.3 is 5.32 Å². The van der Waals surface area contributed by atoms with Gasteiger partial charge in [-0.15, -0.1) is 11.8 Å². The largest absolute Gasteiger partial charge is 0.319 e. The minimum Gasteiger partial charge on any atom is -0.319 e. The van der Waals surface area contributed by atoms with Gasteiger partial charge in [0.05, 0.1) is 0 Å². The van der Waals surface area contributed by atoms with Crippen molar-refractivity contribution in [3.05, 3.63) is 64.7 Å². The number of likely N-dealkylation sites (N-methyl/N-ethyl adjacent to an activating group) is 1. The van der Waals surface area contributed by atoms with Crippen LogP contribution < -0.4 is 5.32 Å². The highest BCUT2D eigenvalue weighted by Crippen LogP contribution is 2.43. The van der Waals surface area contributed by atoms with Crippen LogP contribution in [0.5, 0.6) is 0 Å². The average Bonchev–Trinajstić information content (AvgIpc) is 2.91. The van der Waals surface area contributed by atoms with Crippen molar-refractivity contribution in [1.82, 2.24) is 5.32 Å². The molecule has 0 aliphatic carbocycles. The first kappa shape index (κ1) is 15.0. The Kier molecular flexibility index (Phi) is 4.89. The molecule has 1 heterocycles. The smallest absolute Gasteiger partial charge is 0.0406 e. The number of hydrogen-bond donors (Lipinski definition) is 1. The van der Waals surface area contributed by atoms with Crippen molar-refractivity contribution in [2.75, 3.05) is 19.3 Å². The first-order valence-corrected chi connectivity index (χ1v) is 8.76. The molecule has 1 nitrogen and oxygen atoms in total. The van der Waals surface area contributed by atoms with Crippen LogP contribution >= 0.6 is 23.4 Å². The maximum Gasteiger partial charge on any atom is 0.0406 e. The molecule has 21 heavy (non-hydrogen) atoms. The van der Waals surface area contributed by atoms with Gasteiger partial charge in [-0.2, -0.15) is 0 Å². The first-order chi connectivity index (χ1) is 10.3. The molecule has 0 aromatic heterocycles. The van der Waals surface area contributed by atoms with Crippen molar-refractivity contribution >= 4 is 23.4 Å². The van der Waals surface area contributed by atoms with E-state index < -0.39 is 0 Å². The highest BCUT2D eigenvalue weighted by molar-refractivity contribution is 7.99. The molecule has 0 saturated carbocycles. The van der Waals surface area contributed by atoms with Crippen LogP contribution in [0.4, 0.5) is 0 Å². The molecule has 1 aliphatic rings. The van der Waals surface area contributed by atoms with Crippen molar-refractivity contribution in [2.45, 2.75) is 23.2 Å². The van der Waals surface area contributed by atoms with Crippen LogP contribution in [0.3, 0.4) is 0 Å². The van der Waals surface area contributed by atoms with Gasteiger partial charge in [0.15, 0.2) is 0 Å². The second-order valence-corrected chi connectivity index (χ2v) is 7.09. The van der Waals surface area contributed by atoms with Gasteiger partial charge in [0.1, 0.15) is 0 Å². The average molecular weight is 318 g/mol. The minimum absolute atomic E-state index is 0.532. The van der Waals surface area contributed by atoms with Crippen LogP contribution in [0.1, 0.15) is 29.4 Å². The van der Waals surface area contributed by atoms with Gasteiger partial charge in [0, 0.05) is 22.2 Å². The predicted octanol–water partition coefficient (Wildman–Crippen LogP) is 4.92. The summed E-state index contributed by atoms with van der Waals surface area (Å²) in [6.45, 7) is 1.00. The Morgan fingerprint density at radius 1 is 1.19 bits per heavy atom. The van der Waals surface area contributed by atoms with Gasteiger partial charge in [0.2, 0.25) is 0 Å². The van der Waals surface area contributed by atoms with Crippen LogP contribution in [0.2, 0.25) is 5.02 Å². The first-order valence-electron chi connectivity index (χ1n) is 7.39. The fourth-order valence-electron chi connectivity index (χ4n) is 3.09. The summed E-state index contributed by atoms with van der Waals surface area (Å²) in [6, 6.07) is 17.2. The van der Waals surface area contributed by atoms with Crippen molar-refractivity contribution in [3.63, 3.8) is 0 Å². The van der Waals surface area contributed by atoms with Crippen LogP contribution in [0.15, 0.2) is 53.4 Å². The van der Waals surface area contributed by atoms with E-state index in [2.05, 4.69) is 41.7 Å². The van der Waals surface area contributed by atoms with E-state index in [1.54, 1.807) is 0 Å². The van der Waals surface area contributed by atoms with E-state index in [4.69, 9.17) is 11.6 Å². The fourth-order valence-corrected chi connectivity index (χ4v) is 4.49. The second-order valence-electron chi connectivity index (χ2n) is 5.59. The number of nitrogens with one attached hydrogen (secondary N) is 1. The Hall–Kier alpha value is -0.960. The molecule has 1 aliphatic heterocycles. The van der Waals surface area contributed by atoms with Crippen LogP contribution in [0.25, 0.3) is 0 Å². The molecule has 0 radical (unpaired) electrons. The maximum absolute atomic E-state index is 6.01. The summed E-state index contributed by atoms with van der Waals surface area (Å²) < 4.78 is 0. The Morgan fingerprint density at radius 2 is 1.95 bits per heavy atom. The molecule has 1 N–H and O–H groups in total. The molecule has 0 saturated heterocycles. The number of thioether (sulfide) groups is 1. The monoisotopic (exact) mass is 317 g/mol. The normalized spacial score (nSPS) is 18.5. The van der Waals surface area contributed by atoms with Gasteiger partial charge in [-0.1, -0.05) is 41.9 Å². The molecule has 2 aromatic carbocycles.